The number of alkyl halides is 1. The summed E-state index contributed by atoms with van der Waals surface area (Å²) in [6.45, 7) is 0. The first-order valence-corrected chi connectivity index (χ1v) is 10.6. The van der Waals surface area contributed by atoms with Gasteiger partial charge in [0.2, 0.25) is 5.88 Å². The molecule has 5 rings (SSSR count). The summed E-state index contributed by atoms with van der Waals surface area (Å²) in [5, 5.41) is 22.2. The first-order valence-electron chi connectivity index (χ1n) is 12.1. The number of hydrogen-bond donors (Lipinski definition) is 2. The first-order chi connectivity index (χ1) is 17.1. The molecule has 1 aromatic carbocycles. The number of fused-ring (bicyclic) bond motifs is 2. The van der Waals surface area contributed by atoms with Crippen LogP contribution in [0.4, 0.5) is 14.6 Å². The lowest BCUT2D eigenvalue weighted by molar-refractivity contribution is 0.176. The van der Waals surface area contributed by atoms with Gasteiger partial charge < -0.3 is 20.1 Å². The van der Waals surface area contributed by atoms with Crippen molar-refractivity contribution in [2.75, 3.05) is 19.0 Å². The molecule has 2 aromatic heterocycles. The van der Waals surface area contributed by atoms with Gasteiger partial charge in [-0.05, 0) is 37.0 Å². The maximum Gasteiger partial charge on any atom is 0.213 e. The average Bonchev–Trinajstić information content (AvgIpc) is 3.25. The zero-order chi connectivity index (χ0) is 25.6. The van der Waals surface area contributed by atoms with Gasteiger partial charge in [0.05, 0.1) is 35.1 Å². The number of halogens is 2. The molecule has 4 atom stereocenters. The number of aromatic nitrogens is 4. The molecule has 0 aliphatic carbocycles. The second-order valence-electron chi connectivity index (χ2n) is 8.38. The maximum atomic E-state index is 14.9. The van der Waals surface area contributed by atoms with Crippen LogP contribution in [0, 0.1) is 5.82 Å². The van der Waals surface area contributed by atoms with E-state index in [0.29, 0.717) is 18.3 Å². The summed E-state index contributed by atoms with van der Waals surface area (Å²) < 4.78 is 55.6. The van der Waals surface area contributed by atoms with Crippen molar-refractivity contribution in [1.82, 2.24) is 25.5 Å². The van der Waals surface area contributed by atoms with Crippen LogP contribution in [-0.4, -0.2) is 63.7 Å². The Labute approximate surface area is 193 Å². The van der Waals surface area contributed by atoms with Crippen LogP contribution < -0.4 is 15.0 Å². The highest BCUT2D eigenvalue weighted by Crippen LogP contribution is 2.35. The monoisotopic (exact) mass is 457 g/mol. The minimum Gasteiger partial charge on any atom is -0.507 e. The Morgan fingerprint density at radius 3 is 2.82 bits per heavy atom. The Bertz CT molecular complexity index is 1260. The quantitative estimate of drug-likeness (QED) is 0.603. The lowest BCUT2D eigenvalue weighted by Gasteiger charge is -2.38. The summed E-state index contributed by atoms with van der Waals surface area (Å²) in [6.07, 6.45) is 3.76. The minimum atomic E-state index is -2.74. The Hall–Kier alpha value is -3.40. The second kappa shape index (κ2) is 8.51. The van der Waals surface area contributed by atoms with Crippen LogP contribution in [0.5, 0.6) is 11.6 Å². The highest BCUT2D eigenvalue weighted by atomic mass is 19.1. The van der Waals surface area contributed by atoms with Crippen molar-refractivity contribution in [1.29, 1.82) is 0 Å². The number of phenols is 1. The Morgan fingerprint density at radius 1 is 1.18 bits per heavy atom. The second-order valence-corrected chi connectivity index (χ2v) is 8.38. The molecule has 172 valence electrons. The largest absolute Gasteiger partial charge is 0.507 e. The molecule has 0 unspecified atom stereocenters. The molecule has 2 aliphatic rings. The Kier molecular flexibility index (Phi) is 4.66. The zero-order valence-corrected chi connectivity index (χ0v) is 17.7. The molecule has 0 spiro atoms. The van der Waals surface area contributed by atoms with Crippen molar-refractivity contribution in [2.24, 2.45) is 0 Å². The number of nitrogens with one attached hydrogen (secondary N) is 1. The van der Waals surface area contributed by atoms with Crippen LogP contribution in [0.15, 0.2) is 36.7 Å². The number of nitrogens with zero attached hydrogens (tertiary/aromatic N) is 5. The number of pyridine rings is 1. The molecule has 0 amide bonds. The fraction of sp³-hybridized carbons (Fsp3) is 0.391. The van der Waals surface area contributed by atoms with Crippen molar-refractivity contribution in [3.05, 3.63) is 42.5 Å². The van der Waals surface area contributed by atoms with Crippen molar-refractivity contribution >= 4 is 5.82 Å². The third kappa shape index (κ3) is 3.95. The third-order valence-electron chi connectivity index (χ3n) is 6.45. The van der Waals surface area contributed by atoms with Crippen LogP contribution in [0.3, 0.4) is 0 Å². The fourth-order valence-electron chi connectivity index (χ4n) is 4.66. The first kappa shape index (κ1) is 18.1. The molecular weight excluding hydrogens is 430 g/mol. The van der Waals surface area contributed by atoms with Crippen molar-refractivity contribution in [3.8, 4) is 34.1 Å². The Balaban J connectivity index is 1.36. The standard InChI is InChI=1S/C23H24F2N6O2/c1-31(18-8-13-4-6-17(28-13)22(18)25)20-11-27-23(30-29-20)14-5-3-12(7-19(14)32)15-9-21(33-2)26-10-16(15)24/h3,5,7,9-11,13,17-18,22,28,32H,4,6,8H2,1-2H3/t13-,17-,18-,22+/m0/s1/i2D3. The van der Waals surface area contributed by atoms with E-state index in [9.17, 15) is 13.9 Å². The van der Waals surface area contributed by atoms with Crippen LogP contribution in [0.1, 0.15) is 23.4 Å². The van der Waals surface area contributed by atoms with E-state index in [1.807, 2.05) is 0 Å². The molecule has 2 saturated heterocycles. The van der Waals surface area contributed by atoms with Gasteiger partial charge in [0.25, 0.3) is 0 Å². The number of methoxy groups -OCH3 is 1. The van der Waals surface area contributed by atoms with E-state index in [0.717, 1.165) is 25.1 Å². The van der Waals surface area contributed by atoms with Gasteiger partial charge in [-0.15, -0.1) is 10.2 Å². The molecule has 4 heterocycles. The molecule has 0 saturated carbocycles. The molecule has 0 radical (unpaired) electrons. The molecule has 2 bridgehead atoms. The van der Waals surface area contributed by atoms with Crippen LogP contribution in [0.25, 0.3) is 22.5 Å². The van der Waals surface area contributed by atoms with Crippen molar-refractivity contribution in [2.45, 2.75) is 43.6 Å². The average molecular weight is 457 g/mol. The van der Waals surface area contributed by atoms with E-state index in [4.69, 9.17) is 8.85 Å². The van der Waals surface area contributed by atoms with Crippen molar-refractivity contribution in [3.63, 3.8) is 0 Å². The third-order valence-corrected chi connectivity index (χ3v) is 6.45. The highest BCUT2D eigenvalue weighted by molar-refractivity contribution is 5.73. The molecular formula is C23H24F2N6O2. The SMILES string of the molecule is [2H]C([2H])([2H])Oc1cc(-c2ccc(-c3ncc(N(C)[C@H]4C[C@@H]5CC[C@H](N5)[C@H]4F)nn3)c(O)c2)c(F)cn1. The number of hydrogen-bond acceptors (Lipinski definition) is 8. The van der Waals surface area contributed by atoms with E-state index < -0.39 is 19.0 Å². The topological polar surface area (TPSA) is 96.3 Å². The van der Waals surface area contributed by atoms with Gasteiger partial charge in [-0.2, -0.15) is 0 Å². The van der Waals surface area contributed by atoms with Gasteiger partial charge in [-0.1, -0.05) is 6.07 Å². The number of anilines is 1. The molecule has 3 aromatic rings. The number of ether oxygens (including phenoxy) is 1. The van der Waals surface area contributed by atoms with E-state index in [1.165, 1.54) is 24.4 Å². The maximum absolute atomic E-state index is 14.9. The lowest BCUT2D eigenvalue weighted by atomic mass is 9.96. The summed E-state index contributed by atoms with van der Waals surface area (Å²) >= 11 is 0. The minimum absolute atomic E-state index is 0.00108. The molecule has 8 nitrogen and oxygen atoms in total. The van der Waals surface area contributed by atoms with Gasteiger partial charge in [0, 0.05) is 30.8 Å². The van der Waals surface area contributed by atoms with E-state index in [-0.39, 0.29) is 46.2 Å². The molecule has 2 fully saturated rings. The van der Waals surface area contributed by atoms with E-state index >= 15 is 0 Å². The van der Waals surface area contributed by atoms with Crippen molar-refractivity contribution < 1.29 is 22.7 Å². The molecule has 33 heavy (non-hydrogen) atoms. The smallest absolute Gasteiger partial charge is 0.213 e. The summed E-state index contributed by atoms with van der Waals surface area (Å²) in [5.41, 5.74) is 0.529. The van der Waals surface area contributed by atoms with Crippen LogP contribution >= 0.6 is 0 Å². The highest BCUT2D eigenvalue weighted by Gasteiger charge is 2.43. The molecule has 10 heteroatoms. The molecule has 2 N–H and O–H groups in total. The predicted octanol–water partition coefficient (Wildman–Crippen LogP) is 3.12. The number of rotatable bonds is 5. The van der Waals surface area contributed by atoms with Gasteiger partial charge in [0.1, 0.15) is 17.7 Å². The summed E-state index contributed by atoms with van der Waals surface area (Å²) in [5.74, 6) is -0.671. The zero-order valence-electron chi connectivity index (χ0n) is 20.7. The lowest BCUT2D eigenvalue weighted by Crippen LogP contribution is -2.55. The summed E-state index contributed by atoms with van der Waals surface area (Å²) in [6, 6.07) is 5.29. The number of phenolic OH excluding ortho intramolecular Hbond substituents is 1. The van der Waals surface area contributed by atoms with E-state index in [1.54, 1.807) is 11.9 Å². The van der Waals surface area contributed by atoms with Gasteiger partial charge in [-0.25, -0.2) is 18.7 Å². The normalized spacial score (nSPS) is 25.7. The van der Waals surface area contributed by atoms with Gasteiger partial charge in [-0.3, -0.25) is 0 Å². The van der Waals surface area contributed by atoms with Gasteiger partial charge >= 0.3 is 0 Å². The number of piperidine rings is 1. The number of aromatic hydroxyl groups is 1. The van der Waals surface area contributed by atoms with E-state index in [2.05, 4.69) is 25.5 Å². The van der Waals surface area contributed by atoms with Crippen LogP contribution in [-0.2, 0) is 0 Å². The summed E-state index contributed by atoms with van der Waals surface area (Å²) in [7, 11) is -0.968. The van der Waals surface area contributed by atoms with Gasteiger partial charge in [0.15, 0.2) is 11.6 Å². The predicted molar refractivity (Wildman–Crippen MR) is 118 cm³/mol. The summed E-state index contributed by atoms with van der Waals surface area (Å²) in [4.78, 5) is 9.69. The molecule has 2 aliphatic heterocycles. The number of benzene rings is 1. The Morgan fingerprint density at radius 2 is 2.06 bits per heavy atom. The fourth-order valence-corrected chi connectivity index (χ4v) is 4.66. The van der Waals surface area contributed by atoms with Crippen LogP contribution in [0.2, 0.25) is 0 Å².